The third-order valence-electron chi connectivity index (χ3n) is 2.41. The third kappa shape index (κ3) is 5.30. The summed E-state index contributed by atoms with van der Waals surface area (Å²) in [6, 6.07) is 6.07. The summed E-state index contributed by atoms with van der Waals surface area (Å²) in [6.45, 7) is 0.242. The van der Waals surface area contributed by atoms with Crippen LogP contribution in [0.3, 0.4) is 0 Å². The van der Waals surface area contributed by atoms with Crippen LogP contribution >= 0.6 is 0 Å². The summed E-state index contributed by atoms with van der Waals surface area (Å²) in [7, 11) is 0. The molecule has 0 spiro atoms. The summed E-state index contributed by atoms with van der Waals surface area (Å²) in [5, 5.41) is 21.7. The number of carbonyl (C=O) groups excluding carboxylic acids is 1. The van der Waals surface area contributed by atoms with E-state index in [-0.39, 0.29) is 18.7 Å². The Labute approximate surface area is 115 Å². The van der Waals surface area contributed by atoms with Crippen molar-refractivity contribution >= 4 is 23.6 Å². The van der Waals surface area contributed by atoms with Crippen LogP contribution in [0.5, 0.6) is 0 Å². The first kappa shape index (κ1) is 15.4. The monoisotopic (exact) mass is 278 g/mol. The molecule has 0 bridgehead atoms. The Morgan fingerprint density at radius 2 is 2.05 bits per heavy atom. The fraction of sp³-hybridized carbons (Fsp3) is 0.231. The average Bonchev–Trinajstić information content (AvgIpc) is 2.41. The van der Waals surface area contributed by atoms with E-state index in [0.29, 0.717) is 12.0 Å². The molecule has 0 aliphatic rings. The number of carboxylic acids is 1. The molecule has 0 aliphatic heterocycles. The number of para-hydroxylation sites is 1. The first-order valence-corrected chi connectivity index (χ1v) is 5.92. The van der Waals surface area contributed by atoms with Crippen molar-refractivity contribution in [2.45, 2.75) is 12.8 Å². The number of nitrogens with one attached hydrogen (secondary N) is 1. The summed E-state index contributed by atoms with van der Waals surface area (Å²) < 4.78 is 0. The summed E-state index contributed by atoms with van der Waals surface area (Å²) in [5.41, 5.74) is 0.251. The Bertz CT molecular complexity index is 539. The molecule has 0 saturated carbocycles. The van der Waals surface area contributed by atoms with Crippen LogP contribution in [0.2, 0.25) is 0 Å². The molecule has 1 aromatic carbocycles. The van der Waals surface area contributed by atoms with Crippen LogP contribution in [0, 0.1) is 10.1 Å². The second-order valence-corrected chi connectivity index (χ2v) is 3.94. The standard InChI is InChI=1S/C13H14N2O5/c16-12(14-9-3-6-13(17)18)8-7-10-4-1-2-5-11(10)15(19)20/h1-2,4-5,7-8H,3,6,9H2,(H,14,16)(H,17,18)/b8-7+. The maximum Gasteiger partial charge on any atom is 0.303 e. The molecule has 1 rings (SSSR count). The van der Waals surface area contributed by atoms with Crippen molar-refractivity contribution in [2.24, 2.45) is 0 Å². The minimum atomic E-state index is -0.922. The second-order valence-electron chi connectivity index (χ2n) is 3.94. The normalized spacial score (nSPS) is 10.4. The van der Waals surface area contributed by atoms with E-state index in [2.05, 4.69) is 5.32 Å². The number of hydrogen-bond acceptors (Lipinski definition) is 4. The predicted molar refractivity (Wildman–Crippen MR) is 72.0 cm³/mol. The van der Waals surface area contributed by atoms with Gasteiger partial charge in [0.15, 0.2) is 0 Å². The van der Waals surface area contributed by atoms with Gasteiger partial charge in [-0.15, -0.1) is 0 Å². The van der Waals surface area contributed by atoms with Crippen molar-refractivity contribution in [1.82, 2.24) is 5.32 Å². The van der Waals surface area contributed by atoms with E-state index in [1.807, 2.05) is 0 Å². The Balaban J connectivity index is 2.53. The Kier molecular flexibility index (Phi) is 5.89. The molecule has 20 heavy (non-hydrogen) atoms. The van der Waals surface area contributed by atoms with E-state index in [9.17, 15) is 19.7 Å². The molecule has 0 aliphatic carbocycles. The van der Waals surface area contributed by atoms with Crippen LogP contribution in [0.4, 0.5) is 5.69 Å². The molecule has 0 unspecified atom stereocenters. The van der Waals surface area contributed by atoms with Gasteiger partial charge in [0.1, 0.15) is 0 Å². The molecule has 7 nitrogen and oxygen atoms in total. The number of carboxylic acid groups (broad SMARTS) is 1. The molecule has 0 aromatic heterocycles. The van der Waals surface area contributed by atoms with E-state index in [1.165, 1.54) is 24.3 Å². The van der Waals surface area contributed by atoms with Gasteiger partial charge in [0, 0.05) is 25.1 Å². The third-order valence-corrected chi connectivity index (χ3v) is 2.41. The zero-order chi connectivity index (χ0) is 15.0. The topological polar surface area (TPSA) is 110 Å². The van der Waals surface area contributed by atoms with Gasteiger partial charge in [0.2, 0.25) is 5.91 Å². The van der Waals surface area contributed by atoms with Crippen molar-refractivity contribution in [3.05, 3.63) is 46.0 Å². The lowest BCUT2D eigenvalue weighted by atomic mass is 10.1. The number of rotatable bonds is 7. The lowest BCUT2D eigenvalue weighted by Gasteiger charge is -2.00. The number of nitro benzene ring substituents is 1. The molecule has 7 heteroatoms. The highest BCUT2D eigenvalue weighted by Crippen LogP contribution is 2.18. The van der Waals surface area contributed by atoms with Crippen molar-refractivity contribution in [1.29, 1.82) is 0 Å². The van der Waals surface area contributed by atoms with Crippen LogP contribution in [0.15, 0.2) is 30.3 Å². The van der Waals surface area contributed by atoms with Gasteiger partial charge in [-0.3, -0.25) is 19.7 Å². The summed E-state index contributed by atoms with van der Waals surface area (Å²) >= 11 is 0. The van der Waals surface area contributed by atoms with Gasteiger partial charge in [-0.2, -0.15) is 0 Å². The minimum Gasteiger partial charge on any atom is -0.481 e. The van der Waals surface area contributed by atoms with Crippen molar-refractivity contribution in [3.63, 3.8) is 0 Å². The maximum absolute atomic E-state index is 11.4. The summed E-state index contributed by atoms with van der Waals surface area (Å²) in [5.74, 6) is -1.34. The number of nitrogens with zero attached hydrogens (tertiary/aromatic N) is 1. The number of carbonyl (C=O) groups is 2. The smallest absolute Gasteiger partial charge is 0.303 e. The first-order valence-electron chi connectivity index (χ1n) is 5.92. The Morgan fingerprint density at radius 3 is 2.70 bits per heavy atom. The molecule has 0 heterocycles. The van der Waals surface area contributed by atoms with Crippen LogP contribution < -0.4 is 5.32 Å². The number of hydrogen-bond donors (Lipinski definition) is 2. The molecule has 0 radical (unpaired) electrons. The first-order chi connectivity index (χ1) is 9.50. The molecule has 0 saturated heterocycles. The molecular weight excluding hydrogens is 264 g/mol. The van der Waals surface area contributed by atoms with Gasteiger partial charge >= 0.3 is 5.97 Å². The van der Waals surface area contributed by atoms with Gasteiger partial charge in [0.25, 0.3) is 5.69 Å². The van der Waals surface area contributed by atoms with Crippen molar-refractivity contribution < 1.29 is 19.6 Å². The highest BCUT2D eigenvalue weighted by Gasteiger charge is 2.09. The molecule has 106 valence electrons. The second kappa shape index (κ2) is 7.67. The van der Waals surface area contributed by atoms with Gasteiger partial charge in [-0.1, -0.05) is 12.1 Å². The maximum atomic E-state index is 11.4. The number of amides is 1. The zero-order valence-electron chi connectivity index (χ0n) is 10.6. The van der Waals surface area contributed by atoms with Crippen LogP contribution in [-0.4, -0.2) is 28.5 Å². The van der Waals surface area contributed by atoms with Gasteiger partial charge in [-0.05, 0) is 18.6 Å². The van der Waals surface area contributed by atoms with Gasteiger partial charge in [-0.25, -0.2) is 0 Å². The molecule has 1 amide bonds. The zero-order valence-corrected chi connectivity index (χ0v) is 10.6. The van der Waals surface area contributed by atoms with E-state index in [0.717, 1.165) is 0 Å². The van der Waals surface area contributed by atoms with E-state index in [4.69, 9.17) is 5.11 Å². The Morgan fingerprint density at radius 1 is 1.35 bits per heavy atom. The highest BCUT2D eigenvalue weighted by molar-refractivity contribution is 5.92. The van der Waals surface area contributed by atoms with Crippen LogP contribution in [0.1, 0.15) is 18.4 Å². The molecule has 0 atom stereocenters. The fourth-order valence-electron chi connectivity index (χ4n) is 1.47. The molecular formula is C13H14N2O5. The molecule has 2 N–H and O–H groups in total. The van der Waals surface area contributed by atoms with Crippen molar-refractivity contribution in [3.8, 4) is 0 Å². The Hall–Kier alpha value is -2.70. The number of aliphatic carboxylic acids is 1. The van der Waals surface area contributed by atoms with Crippen molar-refractivity contribution in [2.75, 3.05) is 6.54 Å². The quantitative estimate of drug-likeness (QED) is 0.340. The SMILES string of the molecule is O=C(O)CCCNC(=O)/C=C/c1ccccc1[N+](=O)[O-]. The largest absolute Gasteiger partial charge is 0.481 e. The van der Waals surface area contributed by atoms with Gasteiger partial charge < -0.3 is 10.4 Å². The van der Waals surface area contributed by atoms with Crippen LogP contribution in [0.25, 0.3) is 6.08 Å². The predicted octanol–water partition coefficient (Wildman–Crippen LogP) is 1.59. The number of benzene rings is 1. The lowest BCUT2D eigenvalue weighted by Crippen LogP contribution is -2.22. The van der Waals surface area contributed by atoms with E-state index < -0.39 is 16.8 Å². The molecule has 1 aromatic rings. The minimum absolute atomic E-state index is 0.0197. The van der Waals surface area contributed by atoms with E-state index >= 15 is 0 Å². The lowest BCUT2D eigenvalue weighted by molar-refractivity contribution is -0.385. The van der Waals surface area contributed by atoms with Gasteiger partial charge in [0.05, 0.1) is 10.5 Å². The summed E-state index contributed by atoms with van der Waals surface area (Å²) in [6.07, 6.45) is 2.85. The number of nitro groups is 1. The molecule has 0 fully saturated rings. The fourth-order valence-corrected chi connectivity index (χ4v) is 1.47. The summed E-state index contributed by atoms with van der Waals surface area (Å²) in [4.78, 5) is 31.9. The van der Waals surface area contributed by atoms with Crippen LogP contribution in [-0.2, 0) is 9.59 Å². The van der Waals surface area contributed by atoms with E-state index in [1.54, 1.807) is 12.1 Å². The average molecular weight is 278 g/mol. The highest BCUT2D eigenvalue weighted by atomic mass is 16.6.